The number of fused-ring (bicyclic) bond motifs is 1. The molecule has 1 aliphatic heterocycles. The van der Waals surface area contributed by atoms with Gasteiger partial charge in [-0.05, 0) is 49.7 Å². The summed E-state index contributed by atoms with van der Waals surface area (Å²) in [4.78, 5) is 43.7. The molecule has 9 nitrogen and oxygen atoms in total. The molecule has 0 bridgehead atoms. The molecule has 2 aliphatic rings. The molecule has 3 unspecified atom stereocenters. The summed E-state index contributed by atoms with van der Waals surface area (Å²) in [6, 6.07) is 8.03. The fourth-order valence-corrected chi connectivity index (χ4v) is 4.08. The van der Waals surface area contributed by atoms with E-state index in [4.69, 9.17) is 17.4 Å². The van der Waals surface area contributed by atoms with Crippen LogP contribution in [0.4, 0.5) is 20.3 Å². The SMILES string of the molecule is CC1(C(=O)NN)C(=O)N(C(=O)c2cccnc2Nc2ccc(OC(F)(F)Cl)cc2)C2CC21. The van der Waals surface area contributed by atoms with Crippen molar-refractivity contribution in [2.24, 2.45) is 17.2 Å². The second-order valence-corrected chi connectivity index (χ2v) is 8.10. The van der Waals surface area contributed by atoms with Gasteiger partial charge in [-0.3, -0.25) is 24.7 Å². The number of pyridine rings is 1. The molecule has 1 saturated carbocycles. The lowest BCUT2D eigenvalue weighted by Gasteiger charge is -2.25. The van der Waals surface area contributed by atoms with Gasteiger partial charge in [-0.1, -0.05) is 0 Å². The summed E-state index contributed by atoms with van der Waals surface area (Å²) in [5.74, 6) is 3.06. The van der Waals surface area contributed by atoms with E-state index in [1.807, 2.05) is 5.43 Å². The third kappa shape index (κ3) is 3.73. The zero-order valence-corrected chi connectivity index (χ0v) is 17.4. The standard InChI is InChI=1S/C20H18ClF2N5O4/c1-19(17(30)27-24)13-9-14(13)28(18(19)31)16(29)12-3-2-8-25-15(12)26-10-4-6-11(7-5-10)32-20(21,22)23/h2-8,13-14H,9,24H2,1H3,(H,25,26)(H,27,30). The second-order valence-electron chi connectivity index (χ2n) is 7.66. The lowest BCUT2D eigenvalue weighted by atomic mass is 9.84. The number of nitrogens with two attached hydrogens (primary N) is 1. The van der Waals surface area contributed by atoms with Crippen molar-refractivity contribution in [1.82, 2.24) is 15.3 Å². The van der Waals surface area contributed by atoms with E-state index in [1.165, 1.54) is 49.5 Å². The first-order chi connectivity index (χ1) is 15.1. The molecule has 12 heteroatoms. The van der Waals surface area contributed by atoms with Crippen LogP contribution >= 0.6 is 11.6 Å². The summed E-state index contributed by atoms with van der Waals surface area (Å²) in [6.07, 6.45) is 1.96. The Bertz CT molecular complexity index is 1090. The molecule has 2 fully saturated rings. The zero-order chi connectivity index (χ0) is 23.3. The van der Waals surface area contributed by atoms with Crippen molar-refractivity contribution in [2.45, 2.75) is 25.0 Å². The molecule has 32 heavy (non-hydrogen) atoms. The number of likely N-dealkylation sites (tertiary alicyclic amines) is 1. The van der Waals surface area contributed by atoms with E-state index in [1.54, 1.807) is 0 Å². The van der Waals surface area contributed by atoms with Crippen LogP contribution in [0.15, 0.2) is 42.6 Å². The molecule has 1 aromatic carbocycles. The number of halogens is 3. The van der Waals surface area contributed by atoms with Gasteiger partial charge in [-0.25, -0.2) is 10.8 Å². The summed E-state index contributed by atoms with van der Waals surface area (Å²) in [5, 5.41) is 2.92. The first kappa shape index (κ1) is 21.9. The Morgan fingerprint density at radius 3 is 2.62 bits per heavy atom. The number of benzene rings is 1. The minimum atomic E-state index is -3.84. The topological polar surface area (TPSA) is 127 Å². The average Bonchev–Trinajstić information content (AvgIpc) is 3.50. The number of piperidine rings is 1. The number of rotatable bonds is 6. The predicted octanol–water partition coefficient (Wildman–Crippen LogP) is 2.36. The molecule has 1 saturated heterocycles. The summed E-state index contributed by atoms with van der Waals surface area (Å²) < 4.78 is 29.8. The van der Waals surface area contributed by atoms with Crippen LogP contribution in [0.5, 0.6) is 5.75 Å². The van der Waals surface area contributed by atoms with Gasteiger partial charge in [0.1, 0.15) is 17.0 Å². The van der Waals surface area contributed by atoms with Crippen LogP contribution in [0.3, 0.4) is 0 Å². The molecular formula is C20H18ClF2N5O4. The fraction of sp³-hybridized carbons (Fsp3) is 0.300. The first-order valence-electron chi connectivity index (χ1n) is 9.53. The number of anilines is 2. The van der Waals surface area contributed by atoms with Gasteiger partial charge < -0.3 is 10.1 Å². The number of ether oxygens (including phenoxy) is 1. The largest absolute Gasteiger partial charge is 0.487 e. The molecule has 1 aromatic heterocycles. The first-order valence-corrected chi connectivity index (χ1v) is 9.91. The Labute approximate surface area is 185 Å². The number of imide groups is 1. The third-order valence-corrected chi connectivity index (χ3v) is 5.78. The Morgan fingerprint density at radius 2 is 2.00 bits per heavy atom. The maximum Gasteiger partial charge on any atom is 0.487 e. The summed E-state index contributed by atoms with van der Waals surface area (Å²) in [5.41, 5.74) is -2.71. The maximum atomic E-state index is 13.3. The lowest BCUT2D eigenvalue weighted by Crippen LogP contribution is -2.51. The van der Waals surface area contributed by atoms with Gasteiger partial charge >= 0.3 is 5.57 Å². The molecule has 0 radical (unpaired) electrons. The molecule has 3 atom stereocenters. The highest BCUT2D eigenvalue weighted by molar-refractivity contribution is 6.20. The van der Waals surface area contributed by atoms with E-state index >= 15 is 0 Å². The van der Waals surface area contributed by atoms with Crippen LogP contribution in [0, 0.1) is 11.3 Å². The van der Waals surface area contributed by atoms with E-state index < -0.39 is 28.7 Å². The van der Waals surface area contributed by atoms with Crippen LogP contribution in [-0.2, 0) is 9.59 Å². The molecule has 168 valence electrons. The number of nitrogens with zero attached hydrogens (tertiary/aromatic N) is 2. The number of amides is 3. The van der Waals surface area contributed by atoms with Gasteiger partial charge in [0.2, 0.25) is 11.8 Å². The smallest absolute Gasteiger partial charge is 0.420 e. The van der Waals surface area contributed by atoms with E-state index in [-0.39, 0.29) is 29.1 Å². The molecule has 0 spiro atoms. The van der Waals surface area contributed by atoms with Crippen molar-refractivity contribution in [1.29, 1.82) is 0 Å². The molecule has 1 aliphatic carbocycles. The Balaban J connectivity index is 1.56. The molecule has 3 amide bonds. The fourth-order valence-electron chi connectivity index (χ4n) is 3.99. The number of alkyl halides is 3. The van der Waals surface area contributed by atoms with Gasteiger partial charge in [-0.15, -0.1) is 8.78 Å². The van der Waals surface area contributed by atoms with E-state index in [0.29, 0.717) is 12.1 Å². The normalized spacial score (nSPS) is 24.0. The van der Waals surface area contributed by atoms with Crippen LogP contribution in [0.25, 0.3) is 0 Å². The highest BCUT2D eigenvalue weighted by Gasteiger charge is 2.70. The number of carbonyl (C=O) groups is 3. The van der Waals surface area contributed by atoms with E-state index in [2.05, 4.69) is 15.0 Å². The number of hydrogen-bond donors (Lipinski definition) is 3. The summed E-state index contributed by atoms with van der Waals surface area (Å²) in [6.45, 7) is 1.48. The van der Waals surface area contributed by atoms with Crippen molar-refractivity contribution >= 4 is 40.8 Å². The summed E-state index contributed by atoms with van der Waals surface area (Å²) in [7, 11) is 0. The number of hydrazine groups is 1. The van der Waals surface area contributed by atoms with Gasteiger partial charge in [0.15, 0.2) is 0 Å². The minimum Gasteiger partial charge on any atom is -0.420 e. The second kappa shape index (κ2) is 7.68. The predicted molar refractivity (Wildman–Crippen MR) is 109 cm³/mol. The monoisotopic (exact) mass is 465 g/mol. The van der Waals surface area contributed by atoms with Gasteiger partial charge in [-0.2, -0.15) is 0 Å². The highest BCUT2D eigenvalue weighted by Crippen LogP contribution is 2.56. The van der Waals surface area contributed by atoms with Crippen molar-refractivity contribution in [3.8, 4) is 5.75 Å². The average molecular weight is 466 g/mol. The number of carbonyl (C=O) groups excluding carboxylic acids is 3. The highest BCUT2D eigenvalue weighted by atomic mass is 35.5. The number of aromatic nitrogens is 1. The molecule has 4 N–H and O–H groups in total. The molecular weight excluding hydrogens is 448 g/mol. The third-order valence-electron chi connectivity index (χ3n) is 5.70. The van der Waals surface area contributed by atoms with Crippen molar-refractivity contribution < 1.29 is 27.9 Å². The van der Waals surface area contributed by atoms with Crippen LogP contribution < -0.4 is 21.3 Å². The molecule has 2 aromatic rings. The lowest BCUT2D eigenvalue weighted by molar-refractivity contribution is -0.145. The van der Waals surface area contributed by atoms with Crippen molar-refractivity contribution in [3.05, 3.63) is 48.2 Å². The van der Waals surface area contributed by atoms with Crippen molar-refractivity contribution in [3.63, 3.8) is 0 Å². The van der Waals surface area contributed by atoms with E-state index in [9.17, 15) is 23.2 Å². The van der Waals surface area contributed by atoms with Gasteiger partial charge in [0.25, 0.3) is 5.91 Å². The number of nitrogens with one attached hydrogen (secondary N) is 2. The zero-order valence-electron chi connectivity index (χ0n) is 16.6. The Kier molecular flexibility index (Phi) is 5.25. The molecule has 4 rings (SSSR count). The van der Waals surface area contributed by atoms with Gasteiger partial charge in [0, 0.05) is 35.4 Å². The quantitative estimate of drug-likeness (QED) is 0.149. The maximum absolute atomic E-state index is 13.3. The van der Waals surface area contributed by atoms with Gasteiger partial charge in [0.05, 0.1) is 5.56 Å². The Hall–Kier alpha value is -3.31. The summed E-state index contributed by atoms with van der Waals surface area (Å²) >= 11 is 4.75. The van der Waals surface area contributed by atoms with Crippen molar-refractivity contribution in [2.75, 3.05) is 5.32 Å². The number of hydrogen-bond acceptors (Lipinski definition) is 7. The van der Waals surface area contributed by atoms with Crippen LogP contribution in [-0.4, -0.2) is 39.2 Å². The molecule has 2 heterocycles. The Morgan fingerprint density at radius 1 is 1.31 bits per heavy atom. The van der Waals surface area contributed by atoms with E-state index in [0.717, 1.165) is 4.90 Å². The van der Waals surface area contributed by atoms with Crippen LogP contribution in [0.2, 0.25) is 0 Å². The minimum absolute atomic E-state index is 0.108. The van der Waals surface area contributed by atoms with Crippen LogP contribution in [0.1, 0.15) is 23.7 Å².